The second kappa shape index (κ2) is 21.6. The van der Waals surface area contributed by atoms with Crippen LogP contribution in [0.2, 0.25) is 0 Å². The topological polar surface area (TPSA) is 0 Å². The molecule has 0 aliphatic rings. The molecule has 0 fully saturated rings. The lowest BCUT2D eigenvalue weighted by Crippen LogP contribution is -2.03. The summed E-state index contributed by atoms with van der Waals surface area (Å²) in [6.07, 6.45) is 0. The van der Waals surface area contributed by atoms with Gasteiger partial charge in [0.25, 0.3) is 0 Å². The van der Waals surface area contributed by atoms with E-state index in [1.165, 1.54) is 72.3 Å². The smallest absolute Gasteiger partial charge is 0.000763 e. The molecule has 13 aromatic rings. The average molecular weight is 991 g/mol. The van der Waals surface area contributed by atoms with Gasteiger partial charge in [-0.25, -0.2) is 0 Å². The molecule has 0 radical (unpaired) electrons. The Morgan fingerprint density at radius 2 is 0.269 bits per heavy atom. The van der Waals surface area contributed by atoms with Crippen LogP contribution in [-0.4, -0.2) is 0 Å². The quantitative estimate of drug-likeness (QED) is 0.114. The van der Waals surface area contributed by atoms with E-state index in [1.807, 2.05) is 0 Å². The molecular weight excluding hydrogens is 937 g/mol. The van der Waals surface area contributed by atoms with Gasteiger partial charge in [-0.1, -0.05) is 328 Å². The van der Waals surface area contributed by atoms with Crippen LogP contribution in [0.25, 0.3) is 134 Å². The summed E-state index contributed by atoms with van der Waals surface area (Å²) in [6, 6.07) is 120. The van der Waals surface area contributed by atoms with Gasteiger partial charge in [0.15, 0.2) is 0 Å². The van der Waals surface area contributed by atoms with Gasteiger partial charge in [0.2, 0.25) is 0 Å². The number of benzene rings is 13. The molecule has 0 atom stereocenters. The molecule has 0 heterocycles. The van der Waals surface area contributed by atoms with Crippen molar-refractivity contribution in [3.63, 3.8) is 0 Å². The lowest BCUT2D eigenvalue weighted by Gasteiger charge is -2.30. The van der Waals surface area contributed by atoms with Crippen molar-refractivity contribution >= 4 is 0 Å². The third-order valence-electron chi connectivity index (χ3n) is 15.1. The molecule has 0 saturated carbocycles. The van der Waals surface area contributed by atoms with Crippen LogP contribution in [0, 0.1) is 0 Å². The van der Waals surface area contributed by atoms with Crippen LogP contribution in [0.4, 0.5) is 0 Å². The molecule has 0 aliphatic carbocycles. The Morgan fingerprint density at radius 1 is 0.0897 bits per heavy atom. The zero-order valence-electron chi connectivity index (χ0n) is 43.2. The van der Waals surface area contributed by atoms with E-state index in [0.29, 0.717) is 0 Å². The molecule has 0 N–H and O–H groups in total. The molecule has 0 spiro atoms. The van der Waals surface area contributed by atoms with Crippen molar-refractivity contribution in [2.75, 3.05) is 0 Å². The third-order valence-corrected chi connectivity index (χ3v) is 15.1. The minimum atomic E-state index is 1.15. The molecule has 13 rings (SSSR count). The largest absolute Gasteiger partial charge is 0.0622 e. The Kier molecular flexibility index (Phi) is 13.2. The van der Waals surface area contributed by atoms with Gasteiger partial charge in [-0.3, -0.25) is 0 Å². The maximum Gasteiger partial charge on any atom is -0.000763 e. The van der Waals surface area contributed by atoms with Gasteiger partial charge in [-0.2, -0.15) is 0 Å². The first-order valence-corrected chi connectivity index (χ1v) is 26.9. The van der Waals surface area contributed by atoms with Crippen LogP contribution in [0.1, 0.15) is 0 Å². The fourth-order valence-electron chi connectivity index (χ4n) is 11.8. The van der Waals surface area contributed by atoms with Crippen LogP contribution in [0.15, 0.2) is 328 Å². The van der Waals surface area contributed by atoms with Crippen molar-refractivity contribution in [2.45, 2.75) is 0 Å². The molecule has 13 aromatic carbocycles. The Balaban J connectivity index is 1.16. The predicted molar refractivity (Wildman–Crippen MR) is 332 cm³/mol. The zero-order chi connectivity index (χ0) is 52.0. The second-order valence-corrected chi connectivity index (χ2v) is 19.7. The summed E-state index contributed by atoms with van der Waals surface area (Å²) in [5.74, 6) is 0. The Bertz CT molecular complexity index is 4070. The lowest BCUT2D eigenvalue weighted by molar-refractivity contribution is 1.50. The first-order chi connectivity index (χ1) is 38.8. The molecule has 78 heavy (non-hydrogen) atoms. The van der Waals surface area contributed by atoms with Gasteiger partial charge in [0.1, 0.15) is 0 Å². The van der Waals surface area contributed by atoms with E-state index in [9.17, 15) is 0 Å². The van der Waals surface area contributed by atoms with Crippen LogP contribution >= 0.6 is 0 Å². The fourth-order valence-corrected chi connectivity index (χ4v) is 11.8. The van der Waals surface area contributed by atoms with E-state index in [2.05, 4.69) is 328 Å². The lowest BCUT2D eigenvalue weighted by atomic mass is 9.73. The van der Waals surface area contributed by atoms with Crippen molar-refractivity contribution in [1.29, 1.82) is 0 Å². The van der Waals surface area contributed by atoms with Gasteiger partial charge in [0, 0.05) is 0 Å². The van der Waals surface area contributed by atoms with E-state index < -0.39 is 0 Å². The zero-order valence-corrected chi connectivity index (χ0v) is 43.2. The third kappa shape index (κ3) is 8.96. The highest BCUT2D eigenvalue weighted by molar-refractivity contribution is 6.17. The van der Waals surface area contributed by atoms with E-state index in [0.717, 1.165) is 61.2 Å². The summed E-state index contributed by atoms with van der Waals surface area (Å²) >= 11 is 0. The van der Waals surface area contributed by atoms with Crippen molar-refractivity contribution in [3.8, 4) is 134 Å². The highest BCUT2D eigenvalue weighted by Crippen LogP contribution is 2.58. The van der Waals surface area contributed by atoms with E-state index in [4.69, 9.17) is 0 Å². The van der Waals surface area contributed by atoms with Gasteiger partial charge in [-0.15, -0.1) is 0 Å². The van der Waals surface area contributed by atoms with Crippen LogP contribution in [0.5, 0.6) is 0 Å². The van der Waals surface area contributed by atoms with E-state index in [-0.39, 0.29) is 0 Å². The monoisotopic (exact) mass is 990 g/mol. The molecule has 0 amide bonds. The van der Waals surface area contributed by atoms with Crippen LogP contribution in [-0.2, 0) is 0 Å². The fraction of sp³-hybridized carbons (Fsp3) is 0. The molecule has 0 heteroatoms. The normalized spacial score (nSPS) is 11.1. The standard InChI is InChI=1S/C78H54/c1-9-31-55(32-10-1)63-53-54-64(56-33-11-2-12-34-56)77(71(63)57-35-13-3-14-36-57)69-51-29-27-49-67(69)65-47-25-26-48-66(65)68-50-28-30-52-70(68)78-75(61-43-21-7-22-44-61)73(59-39-17-5-18-40-59)72(58-37-15-4-16-38-58)74(60-41-19-6-20-42-60)76(78)62-45-23-8-24-46-62/h1-54H. The second-order valence-electron chi connectivity index (χ2n) is 19.7. The Labute approximate surface area is 458 Å². The molecule has 0 unspecified atom stereocenters. The van der Waals surface area contributed by atoms with Crippen LogP contribution < -0.4 is 0 Å². The molecule has 366 valence electrons. The summed E-state index contributed by atoms with van der Waals surface area (Å²) in [6.45, 7) is 0. The van der Waals surface area contributed by atoms with Gasteiger partial charge in [0.05, 0.1) is 0 Å². The Morgan fingerprint density at radius 3 is 0.551 bits per heavy atom. The number of hydrogen-bond donors (Lipinski definition) is 0. The molecule has 0 aromatic heterocycles. The Hall–Kier alpha value is -10.1. The SMILES string of the molecule is c1ccc(-c2ccc(-c3ccccc3)c(-c3ccccc3-c3ccccc3-c3ccccc3-c3c(-c4ccccc4)c(-c4ccccc4)c(-c4ccccc4)c(-c4ccccc4)c3-c3ccccc3)c2-c2ccccc2)cc1. The predicted octanol–water partition coefficient (Wildman–Crippen LogP) is 21.7. The minimum Gasteiger partial charge on any atom is -0.0622 e. The molecule has 0 aliphatic heterocycles. The van der Waals surface area contributed by atoms with Crippen LogP contribution in [0.3, 0.4) is 0 Å². The summed E-state index contributed by atoms with van der Waals surface area (Å²) in [5, 5.41) is 0. The average Bonchev–Trinajstić information content (AvgIpc) is 3.64. The maximum atomic E-state index is 2.36. The van der Waals surface area contributed by atoms with Gasteiger partial charge >= 0.3 is 0 Å². The molecular formula is C78H54. The first-order valence-electron chi connectivity index (χ1n) is 26.9. The van der Waals surface area contributed by atoms with Crippen molar-refractivity contribution in [2.24, 2.45) is 0 Å². The van der Waals surface area contributed by atoms with Crippen molar-refractivity contribution < 1.29 is 0 Å². The van der Waals surface area contributed by atoms with Gasteiger partial charge in [-0.05, 0) is 134 Å². The summed E-state index contributed by atoms with van der Waals surface area (Å²) in [4.78, 5) is 0. The van der Waals surface area contributed by atoms with E-state index >= 15 is 0 Å². The summed E-state index contributed by atoms with van der Waals surface area (Å²) < 4.78 is 0. The highest BCUT2D eigenvalue weighted by atomic mass is 14.3. The maximum absolute atomic E-state index is 2.36. The minimum absolute atomic E-state index is 1.15. The van der Waals surface area contributed by atoms with E-state index in [1.54, 1.807) is 0 Å². The summed E-state index contributed by atoms with van der Waals surface area (Å²) in [7, 11) is 0. The highest BCUT2D eigenvalue weighted by Gasteiger charge is 2.31. The van der Waals surface area contributed by atoms with Crippen molar-refractivity contribution in [1.82, 2.24) is 0 Å². The number of rotatable bonds is 12. The molecule has 0 saturated heterocycles. The molecule has 0 nitrogen and oxygen atoms in total. The summed E-state index contributed by atoms with van der Waals surface area (Å²) in [5.41, 5.74) is 28.1. The van der Waals surface area contributed by atoms with Crippen molar-refractivity contribution in [3.05, 3.63) is 328 Å². The van der Waals surface area contributed by atoms with Gasteiger partial charge < -0.3 is 0 Å². The number of hydrogen-bond acceptors (Lipinski definition) is 0. The molecule has 0 bridgehead atoms. The first kappa shape index (κ1) is 47.6.